The maximum atomic E-state index is 12.9. The van der Waals surface area contributed by atoms with Gasteiger partial charge in [-0.2, -0.15) is 5.10 Å². The summed E-state index contributed by atoms with van der Waals surface area (Å²) in [4.78, 5) is 21.5. The number of carbonyl (C=O) groups excluding carboxylic acids is 1. The highest BCUT2D eigenvalue weighted by Gasteiger charge is 2.38. The van der Waals surface area contributed by atoms with E-state index in [0.717, 1.165) is 29.8 Å². The fourth-order valence-corrected chi connectivity index (χ4v) is 3.81. The number of nitrogens with zero attached hydrogens (tertiary/aromatic N) is 5. The van der Waals surface area contributed by atoms with Gasteiger partial charge in [0.1, 0.15) is 0 Å². The average Bonchev–Trinajstić information content (AvgIpc) is 3.18. The largest absolute Gasteiger partial charge is 0.378 e. The van der Waals surface area contributed by atoms with Crippen molar-refractivity contribution in [1.29, 1.82) is 0 Å². The van der Waals surface area contributed by atoms with Crippen LogP contribution in [0.15, 0.2) is 18.5 Å². The van der Waals surface area contributed by atoms with Gasteiger partial charge in [-0.15, -0.1) is 0 Å². The van der Waals surface area contributed by atoms with E-state index in [-0.39, 0.29) is 11.8 Å². The summed E-state index contributed by atoms with van der Waals surface area (Å²) in [5.41, 5.74) is 2.00. The molecule has 0 radical (unpaired) electrons. The van der Waals surface area contributed by atoms with Crippen LogP contribution in [0.2, 0.25) is 0 Å². The maximum Gasteiger partial charge on any atom is 0.227 e. The molecule has 0 spiro atoms. The summed E-state index contributed by atoms with van der Waals surface area (Å²) in [5, 5.41) is 5.36. The predicted molar refractivity (Wildman–Crippen MR) is 90.8 cm³/mol. The number of anilines is 1. The molecule has 0 bridgehead atoms. The number of hydrogen-bond acceptors (Lipinski definition) is 5. The molecule has 2 aliphatic heterocycles. The second-order valence-corrected chi connectivity index (χ2v) is 6.76. The Hall–Kier alpha value is -2.15. The van der Waals surface area contributed by atoms with E-state index < -0.39 is 0 Å². The van der Waals surface area contributed by atoms with E-state index in [4.69, 9.17) is 4.74 Å². The summed E-state index contributed by atoms with van der Waals surface area (Å²) in [5.74, 6) is 0.646. The number of pyridine rings is 1. The molecule has 2 atom stereocenters. The van der Waals surface area contributed by atoms with Crippen LogP contribution in [0.3, 0.4) is 0 Å². The molecule has 0 saturated carbocycles. The van der Waals surface area contributed by atoms with Crippen molar-refractivity contribution in [3.05, 3.63) is 18.5 Å². The van der Waals surface area contributed by atoms with E-state index in [1.54, 1.807) is 4.68 Å². The van der Waals surface area contributed by atoms with E-state index in [2.05, 4.69) is 21.9 Å². The summed E-state index contributed by atoms with van der Waals surface area (Å²) in [7, 11) is 1.90. The predicted octanol–water partition coefficient (Wildman–Crippen LogP) is 0.899. The molecule has 0 unspecified atom stereocenters. The molecule has 4 rings (SSSR count). The Bertz CT molecular complexity index is 753. The highest BCUT2D eigenvalue weighted by Crippen LogP contribution is 2.33. The third kappa shape index (κ3) is 2.53. The van der Waals surface area contributed by atoms with Gasteiger partial charge >= 0.3 is 0 Å². The first-order chi connectivity index (χ1) is 11.6. The first-order valence-corrected chi connectivity index (χ1v) is 8.53. The zero-order chi connectivity index (χ0) is 16.7. The normalized spacial score (nSPS) is 24.8. The number of ether oxygens (including phenoxy) is 1. The molecule has 2 aliphatic rings. The lowest BCUT2D eigenvalue weighted by Gasteiger charge is -2.30. The minimum atomic E-state index is 0.0444. The quantitative estimate of drug-likeness (QED) is 0.819. The van der Waals surface area contributed by atoms with Gasteiger partial charge in [0, 0.05) is 39.4 Å². The monoisotopic (exact) mass is 329 g/mol. The number of fused-ring (bicyclic) bond motifs is 1. The average molecular weight is 329 g/mol. The van der Waals surface area contributed by atoms with Gasteiger partial charge in [0.2, 0.25) is 5.91 Å². The van der Waals surface area contributed by atoms with Crippen LogP contribution >= 0.6 is 0 Å². The van der Waals surface area contributed by atoms with Crippen molar-refractivity contribution in [2.24, 2.45) is 18.9 Å². The molecule has 7 nitrogen and oxygen atoms in total. The van der Waals surface area contributed by atoms with Crippen LogP contribution in [-0.2, 0) is 16.6 Å². The Balaban J connectivity index is 1.57. The fourth-order valence-electron chi connectivity index (χ4n) is 3.81. The van der Waals surface area contributed by atoms with Crippen molar-refractivity contribution < 1.29 is 9.53 Å². The molecular weight excluding hydrogens is 306 g/mol. The van der Waals surface area contributed by atoms with E-state index in [0.29, 0.717) is 32.2 Å². The van der Waals surface area contributed by atoms with Gasteiger partial charge in [-0.3, -0.25) is 9.48 Å². The number of hydrogen-bond donors (Lipinski definition) is 0. The molecule has 2 saturated heterocycles. The van der Waals surface area contributed by atoms with Crippen LogP contribution in [0.5, 0.6) is 0 Å². The third-order valence-electron chi connectivity index (χ3n) is 5.21. The summed E-state index contributed by atoms with van der Waals surface area (Å²) >= 11 is 0. The Labute approximate surface area is 141 Å². The van der Waals surface area contributed by atoms with Crippen molar-refractivity contribution >= 4 is 22.6 Å². The minimum Gasteiger partial charge on any atom is -0.378 e. The van der Waals surface area contributed by atoms with Crippen LogP contribution in [0, 0.1) is 11.8 Å². The fraction of sp³-hybridized carbons (Fsp3) is 0.588. The first-order valence-electron chi connectivity index (χ1n) is 8.53. The molecule has 0 aromatic carbocycles. The van der Waals surface area contributed by atoms with Gasteiger partial charge < -0.3 is 14.5 Å². The lowest BCUT2D eigenvalue weighted by Crippen LogP contribution is -2.45. The standard InChI is InChI=1S/C17H23N5O2/c1-12-10-22(11-14(12)17(23)21-5-7-24-8-6-21)15-3-4-18-16-13(15)9-19-20(16)2/h3-4,9,12,14H,5-8,10-11H2,1-2H3/t12-,14-/m1/s1. The Morgan fingerprint density at radius 1 is 1.29 bits per heavy atom. The zero-order valence-electron chi connectivity index (χ0n) is 14.2. The number of morpholine rings is 1. The molecule has 7 heteroatoms. The molecule has 4 heterocycles. The molecule has 1 amide bonds. The van der Waals surface area contributed by atoms with Gasteiger partial charge in [-0.25, -0.2) is 4.98 Å². The lowest BCUT2D eigenvalue weighted by molar-refractivity contribution is -0.140. The van der Waals surface area contributed by atoms with Crippen LogP contribution < -0.4 is 4.90 Å². The van der Waals surface area contributed by atoms with E-state index in [1.807, 2.05) is 30.4 Å². The van der Waals surface area contributed by atoms with Crippen LogP contribution in [0.4, 0.5) is 5.69 Å². The molecule has 128 valence electrons. The summed E-state index contributed by atoms with van der Waals surface area (Å²) in [6.45, 7) is 6.54. The highest BCUT2D eigenvalue weighted by molar-refractivity contribution is 5.90. The maximum absolute atomic E-state index is 12.9. The van der Waals surface area contributed by atoms with Crippen molar-refractivity contribution in [3.63, 3.8) is 0 Å². The van der Waals surface area contributed by atoms with Crippen molar-refractivity contribution in [3.8, 4) is 0 Å². The second kappa shape index (κ2) is 6.05. The van der Waals surface area contributed by atoms with E-state index in [1.165, 1.54) is 0 Å². The molecule has 2 fully saturated rings. The minimum absolute atomic E-state index is 0.0444. The lowest BCUT2D eigenvalue weighted by atomic mass is 9.96. The van der Waals surface area contributed by atoms with Crippen molar-refractivity contribution in [2.45, 2.75) is 6.92 Å². The van der Waals surface area contributed by atoms with Crippen LogP contribution in [0.25, 0.3) is 11.0 Å². The molecule has 24 heavy (non-hydrogen) atoms. The SMILES string of the molecule is C[C@@H]1CN(c2ccnc3c2cnn3C)C[C@H]1C(=O)N1CCOCC1. The van der Waals surface area contributed by atoms with Crippen LogP contribution in [0.1, 0.15) is 6.92 Å². The topological polar surface area (TPSA) is 63.5 Å². The summed E-state index contributed by atoms with van der Waals surface area (Å²) in [6.07, 6.45) is 3.68. The molecule has 2 aromatic heterocycles. The summed E-state index contributed by atoms with van der Waals surface area (Å²) in [6, 6.07) is 2.03. The second-order valence-electron chi connectivity index (χ2n) is 6.76. The Morgan fingerprint density at radius 3 is 2.88 bits per heavy atom. The zero-order valence-corrected chi connectivity index (χ0v) is 14.2. The molecule has 0 aliphatic carbocycles. The number of carbonyl (C=O) groups is 1. The number of aromatic nitrogens is 3. The number of amides is 1. The van der Waals surface area contributed by atoms with Gasteiger partial charge in [0.25, 0.3) is 0 Å². The van der Waals surface area contributed by atoms with E-state index in [9.17, 15) is 4.79 Å². The smallest absolute Gasteiger partial charge is 0.227 e. The van der Waals surface area contributed by atoms with Crippen molar-refractivity contribution in [2.75, 3.05) is 44.3 Å². The number of aryl methyl sites for hydroxylation is 1. The number of rotatable bonds is 2. The van der Waals surface area contributed by atoms with Crippen molar-refractivity contribution in [1.82, 2.24) is 19.7 Å². The van der Waals surface area contributed by atoms with Gasteiger partial charge in [-0.05, 0) is 12.0 Å². The van der Waals surface area contributed by atoms with Gasteiger partial charge in [0.05, 0.1) is 36.4 Å². The Morgan fingerprint density at radius 2 is 2.08 bits per heavy atom. The molecular formula is C17H23N5O2. The van der Waals surface area contributed by atoms with E-state index >= 15 is 0 Å². The van der Waals surface area contributed by atoms with Gasteiger partial charge in [-0.1, -0.05) is 6.92 Å². The Kier molecular flexibility index (Phi) is 3.88. The molecule has 0 N–H and O–H groups in total. The third-order valence-corrected chi connectivity index (χ3v) is 5.21. The highest BCUT2D eigenvalue weighted by atomic mass is 16.5. The van der Waals surface area contributed by atoms with Gasteiger partial charge in [0.15, 0.2) is 5.65 Å². The molecule has 2 aromatic rings. The first kappa shape index (κ1) is 15.4. The summed E-state index contributed by atoms with van der Waals surface area (Å²) < 4.78 is 7.15. The van der Waals surface area contributed by atoms with Crippen LogP contribution in [-0.4, -0.2) is 65.0 Å².